The maximum absolute atomic E-state index is 12.1. The first-order valence-corrected chi connectivity index (χ1v) is 44.3. The zero-order chi connectivity index (χ0) is 94.0. The molecule has 0 saturated carbocycles. The van der Waals surface area contributed by atoms with Crippen LogP contribution in [0.15, 0.2) is 388 Å². The quantitative estimate of drug-likeness (QED) is 0.126. The molecule has 0 atom stereocenters. The smallest absolute Gasteiger partial charge is 0.161 e. The average Bonchev–Trinajstić information content (AvgIpc) is 0.758. The van der Waals surface area contributed by atoms with Crippen LogP contribution in [0.3, 0.4) is 0 Å². The molecule has 0 aliphatic carbocycles. The lowest BCUT2D eigenvalue weighted by atomic mass is 9.89. The van der Waals surface area contributed by atoms with Gasteiger partial charge >= 0.3 is 0 Å². The molecule has 0 heterocycles. The summed E-state index contributed by atoms with van der Waals surface area (Å²) in [6.45, 7) is 44.3. The van der Waals surface area contributed by atoms with Crippen LogP contribution in [0, 0.1) is 13.8 Å². The molecule has 128 heavy (non-hydrogen) atoms. The first-order valence-electron chi connectivity index (χ1n) is 44.3. The Kier molecular flexibility index (Phi) is 64.5. The highest BCUT2D eigenvalue weighted by molar-refractivity contribution is 6.26. The van der Waals surface area contributed by atoms with Crippen molar-refractivity contribution in [2.75, 3.05) is 0 Å². The fourth-order valence-corrected chi connectivity index (χ4v) is 12.2. The summed E-state index contributed by atoms with van der Waals surface area (Å²) in [7, 11) is 0. The number of rotatable bonds is 2. The lowest BCUT2D eigenvalue weighted by Crippen LogP contribution is -2.02. The van der Waals surface area contributed by atoms with E-state index in [2.05, 4.69) is 381 Å². The second kappa shape index (κ2) is 70.8. The van der Waals surface area contributed by atoms with Crippen molar-refractivity contribution in [1.82, 2.24) is 0 Å². The normalized spacial score (nSPS) is 9.06. The van der Waals surface area contributed by atoms with E-state index in [1.54, 1.807) is 13.8 Å². The van der Waals surface area contributed by atoms with E-state index in [1.165, 1.54) is 166 Å². The van der Waals surface area contributed by atoms with E-state index in [-0.39, 0.29) is 49.6 Å². The minimum Gasteiger partial charge on any atom is -0.300 e. The van der Waals surface area contributed by atoms with Crippen molar-refractivity contribution in [2.24, 2.45) is 0 Å². The Hall–Kier alpha value is -13.4. The summed E-state index contributed by atoms with van der Waals surface area (Å²) in [5, 5.41) is 24.6. The monoisotopic (exact) mass is 1710 g/mol. The summed E-state index contributed by atoms with van der Waals surface area (Å²) in [5.41, 5.74) is 4.16. The Morgan fingerprint density at radius 3 is 0.312 bits per heavy atom. The second-order valence-corrected chi connectivity index (χ2v) is 28.4. The number of ketones is 6. The predicted molar refractivity (Wildman–Crippen MR) is 572 cm³/mol. The van der Waals surface area contributed by atoms with E-state index in [1.807, 2.05) is 104 Å². The molecule has 672 valence electrons. The lowest BCUT2D eigenvalue weighted by molar-refractivity contribution is -0.115. The summed E-state index contributed by atoms with van der Waals surface area (Å²) in [6.07, 6.45) is 2.50. The maximum Gasteiger partial charge on any atom is 0.161 e. The fraction of sp³-hybridized carbons (Fsp3) is 0.230. The highest BCUT2D eigenvalue weighted by Gasteiger charge is 2.18. The second-order valence-electron chi connectivity index (χ2n) is 28.4. The largest absolute Gasteiger partial charge is 0.300 e. The molecule has 0 aliphatic heterocycles. The lowest BCUT2D eigenvalue weighted by Gasteiger charge is -2.13. The summed E-state index contributed by atoms with van der Waals surface area (Å²) in [4.78, 5) is 61.9. The van der Waals surface area contributed by atoms with Gasteiger partial charge in [-0.2, -0.15) is 0 Å². The molecule has 0 spiro atoms. The first-order chi connectivity index (χ1) is 61.0. The van der Waals surface area contributed by atoms with E-state index < -0.39 is 0 Å². The van der Waals surface area contributed by atoms with Crippen LogP contribution in [0.4, 0.5) is 0 Å². The van der Waals surface area contributed by atoms with Gasteiger partial charge in [-0.05, 0) is 202 Å². The summed E-state index contributed by atoms with van der Waals surface area (Å²) < 4.78 is 0. The van der Waals surface area contributed by atoms with Crippen molar-refractivity contribution in [2.45, 2.75) is 194 Å². The number of Topliss-reactive ketones (excluding diaryl/α,β-unsaturated/α-hetero) is 6. The molecule has 18 rings (SSSR count). The molecule has 6 heteroatoms. The van der Waals surface area contributed by atoms with Crippen LogP contribution in [0.25, 0.3) is 108 Å². The molecule has 18 aromatic carbocycles. The SMILES string of the molecule is C.C.CC.CC.CC.CC.CC(=O)c1c2ccccc2c(C(C)=O)c2ccccc12.CC(C)=O.CC(C)=O.CC(C)=O.CC(C)=O.CCC.CCC.Cc1c2ccccc2c(C)c2ccccc12.c1ccc2ccccc2c1.c1ccc2ccccc2c1.c1ccc2ccccc2c1.c1ccc2ccccc2c1.c1ccc2ccccc2c1.c1ccc2ccccc2c1. The molecule has 0 saturated heterocycles. The Balaban J connectivity index is 0. The van der Waals surface area contributed by atoms with Crippen LogP contribution in [0.5, 0.6) is 0 Å². The number of aryl methyl sites for hydroxylation is 2. The molecule has 0 amide bonds. The summed E-state index contributed by atoms with van der Waals surface area (Å²) >= 11 is 0. The molecule has 0 aromatic heterocycles. The standard InChI is InChI=1S/C18H14O2.C16H14.6C10H8.4C3H6O.2C3H8.4C2H6.2CH4/c1-11(19)17-13-7-3-5-9-15(13)18(12(2)20)16-10-6-4-8-14(16)17;1-11-13-7-3-5-9-15(13)12(2)16-10-6-4-8-14(11)16;6*1-2-6-10-8-4-3-7-9(10)5-1;4*1-3(2)4;2*1-3-2;4*1-2;;/h3-10H,1-2H3;3-10H,1-2H3;6*1-8H;4*1-2H3;2*3H2,1-2H3;4*1-2H3;2*1H4. The summed E-state index contributed by atoms with van der Waals surface area (Å²) in [6, 6.07) is 133. The van der Waals surface area contributed by atoms with Crippen LogP contribution in [-0.4, -0.2) is 34.7 Å². The molecule has 0 radical (unpaired) electrons. The first kappa shape index (κ1) is 117. The summed E-state index contributed by atoms with van der Waals surface area (Å²) in [5.74, 6) is 0.708. The number of hydrogen-bond donors (Lipinski definition) is 0. The minimum absolute atomic E-state index is 0. The third-order valence-electron chi connectivity index (χ3n) is 17.1. The van der Waals surface area contributed by atoms with Gasteiger partial charge in [-0.1, -0.05) is 499 Å². The third-order valence-corrected chi connectivity index (χ3v) is 17.1. The van der Waals surface area contributed by atoms with Gasteiger partial charge in [0.2, 0.25) is 0 Å². The molecule has 6 nitrogen and oxygen atoms in total. The van der Waals surface area contributed by atoms with Crippen molar-refractivity contribution in [1.29, 1.82) is 0 Å². The van der Waals surface area contributed by atoms with Crippen molar-refractivity contribution in [3.8, 4) is 0 Å². The van der Waals surface area contributed by atoms with Gasteiger partial charge in [0.1, 0.15) is 23.1 Å². The number of carbonyl (C=O) groups is 6. The molecule has 0 unspecified atom stereocenters. The average molecular weight is 1710 g/mol. The minimum atomic E-state index is 0. The van der Waals surface area contributed by atoms with Crippen LogP contribution < -0.4 is 0 Å². The van der Waals surface area contributed by atoms with E-state index in [0.29, 0.717) is 11.1 Å². The van der Waals surface area contributed by atoms with Crippen LogP contribution in [-0.2, 0) is 19.2 Å². The van der Waals surface area contributed by atoms with Gasteiger partial charge < -0.3 is 19.2 Å². The van der Waals surface area contributed by atoms with E-state index >= 15 is 0 Å². The number of hydrogen-bond acceptors (Lipinski definition) is 6. The third kappa shape index (κ3) is 44.0. The van der Waals surface area contributed by atoms with Crippen LogP contribution in [0.2, 0.25) is 0 Å². The van der Waals surface area contributed by atoms with Gasteiger partial charge in [0.15, 0.2) is 11.6 Å². The highest BCUT2D eigenvalue weighted by Crippen LogP contribution is 2.35. The molecule has 0 bridgehead atoms. The van der Waals surface area contributed by atoms with E-state index in [4.69, 9.17) is 0 Å². The Labute approximate surface area is 770 Å². The van der Waals surface area contributed by atoms with Crippen molar-refractivity contribution in [3.05, 3.63) is 411 Å². The highest BCUT2D eigenvalue weighted by atomic mass is 16.1. The molecule has 0 aliphatic rings. The maximum atomic E-state index is 12.1. The van der Waals surface area contributed by atoms with Gasteiger partial charge in [-0.3, -0.25) is 9.59 Å². The Bertz CT molecular complexity index is 4870. The molecule has 0 N–H and O–H groups in total. The molecular weight excluding hydrogens is 1560 g/mol. The topological polar surface area (TPSA) is 102 Å². The van der Waals surface area contributed by atoms with Crippen LogP contribution >= 0.6 is 0 Å². The molecular formula is C122H148O6. The van der Waals surface area contributed by atoms with Gasteiger partial charge in [0.25, 0.3) is 0 Å². The van der Waals surface area contributed by atoms with Crippen LogP contribution in [0.1, 0.15) is 212 Å². The predicted octanol–water partition coefficient (Wildman–Crippen LogP) is 36.6. The van der Waals surface area contributed by atoms with Crippen molar-refractivity contribution < 1.29 is 28.8 Å². The van der Waals surface area contributed by atoms with Crippen molar-refractivity contribution >= 4 is 142 Å². The van der Waals surface area contributed by atoms with Gasteiger partial charge in [0.05, 0.1) is 0 Å². The number of benzene rings is 18. The molecule has 0 fully saturated rings. The Morgan fingerprint density at radius 2 is 0.234 bits per heavy atom. The van der Waals surface area contributed by atoms with Gasteiger partial charge in [0, 0.05) is 11.1 Å². The van der Waals surface area contributed by atoms with Crippen molar-refractivity contribution in [3.63, 3.8) is 0 Å². The van der Waals surface area contributed by atoms with E-state index in [9.17, 15) is 28.8 Å². The fourth-order valence-electron chi connectivity index (χ4n) is 12.2. The number of carbonyl (C=O) groups excluding carboxylic acids is 6. The number of fused-ring (bicyclic) bond motifs is 10. The van der Waals surface area contributed by atoms with E-state index in [0.717, 1.165) is 21.5 Å². The zero-order valence-corrected chi connectivity index (χ0v) is 79.8. The zero-order valence-electron chi connectivity index (χ0n) is 79.8. The molecule has 18 aromatic rings. The Morgan fingerprint density at radius 1 is 0.164 bits per heavy atom. The van der Waals surface area contributed by atoms with Gasteiger partial charge in [-0.15, -0.1) is 0 Å². The van der Waals surface area contributed by atoms with Gasteiger partial charge in [-0.25, -0.2) is 0 Å².